The molecule has 0 radical (unpaired) electrons. The number of ether oxygens (including phenoxy) is 2. The third-order valence-corrected chi connectivity index (χ3v) is 5.29. The van der Waals surface area contributed by atoms with Gasteiger partial charge < -0.3 is 14.6 Å². The number of aliphatic hydroxyl groups excluding tert-OH is 1. The Morgan fingerprint density at radius 1 is 1.24 bits per heavy atom. The molecular weight excluding hydrogens is 316 g/mol. The van der Waals surface area contributed by atoms with Crippen molar-refractivity contribution in [3.8, 4) is 5.75 Å². The first-order chi connectivity index (χ1) is 12.1. The Bertz CT molecular complexity index is 546. The van der Waals surface area contributed by atoms with E-state index in [2.05, 4.69) is 28.9 Å². The van der Waals surface area contributed by atoms with E-state index in [1.165, 1.54) is 18.4 Å². The van der Waals surface area contributed by atoms with Gasteiger partial charge in [0.1, 0.15) is 18.5 Å². The van der Waals surface area contributed by atoms with Gasteiger partial charge in [0, 0.05) is 32.2 Å². The van der Waals surface area contributed by atoms with Gasteiger partial charge in [0.2, 0.25) is 0 Å². The minimum Gasteiger partial charge on any atom is -0.491 e. The van der Waals surface area contributed by atoms with Gasteiger partial charge in [0.05, 0.1) is 13.2 Å². The Kier molecular flexibility index (Phi) is 6.70. The molecule has 2 unspecified atom stereocenters. The molecule has 0 saturated carbocycles. The molecule has 2 fully saturated rings. The number of aliphatic hydroxyl groups is 1. The van der Waals surface area contributed by atoms with E-state index in [4.69, 9.17) is 9.47 Å². The molecule has 140 valence electrons. The summed E-state index contributed by atoms with van der Waals surface area (Å²) in [5, 5.41) is 10.5. The first-order valence-corrected chi connectivity index (χ1v) is 9.54. The highest BCUT2D eigenvalue weighted by molar-refractivity contribution is 5.35. The van der Waals surface area contributed by atoms with E-state index in [0.717, 1.165) is 50.7 Å². The summed E-state index contributed by atoms with van der Waals surface area (Å²) < 4.78 is 11.3. The number of likely N-dealkylation sites (tertiary alicyclic amines) is 1. The van der Waals surface area contributed by atoms with Gasteiger partial charge in [-0.25, -0.2) is 0 Å². The molecule has 1 aromatic rings. The van der Waals surface area contributed by atoms with E-state index in [0.29, 0.717) is 19.2 Å². The third kappa shape index (κ3) is 5.42. The first-order valence-electron chi connectivity index (χ1n) is 9.54. The van der Waals surface area contributed by atoms with Crippen LogP contribution in [0.4, 0.5) is 0 Å². The van der Waals surface area contributed by atoms with Crippen LogP contribution in [0.1, 0.15) is 24.0 Å². The van der Waals surface area contributed by atoms with Gasteiger partial charge in [-0.1, -0.05) is 12.1 Å². The fraction of sp³-hybridized carbons (Fsp3) is 0.700. The quantitative estimate of drug-likeness (QED) is 0.815. The van der Waals surface area contributed by atoms with E-state index in [-0.39, 0.29) is 0 Å². The lowest BCUT2D eigenvalue weighted by molar-refractivity contribution is 0.0182. The molecule has 25 heavy (non-hydrogen) atoms. The second-order valence-corrected chi connectivity index (χ2v) is 7.44. The van der Waals surface area contributed by atoms with Crippen LogP contribution in [0.2, 0.25) is 0 Å². The van der Waals surface area contributed by atoms with Crippen LogP contribution in [-0.4, -0.2) is 79.6 Å². The molecular formula is C20H32N2O3. The average Bonchev–Trinajstić information content (AvgIpc) is 3.03. The van der Waals surface area contributed by atoms with Crippen LogP contribution < -0.4 is 4.74 Å². The molecule has 2 saturated heterocycles. The molecule has 5 nitrogen and oxygen atoms in total. The Balaban J connectivity index is 1.46. The van der Waals surface area contributed by atoms with Crippen molar-refractivity contribution < 1.29 is 14.6 Å². The molecule has 0 bridgehead atoms. The normalized spacial score (nSPS) is 23.7. The molecule has 0 amide bonds. The third-order valence-electron chi connectivity index (χ3n) is 5.29. The fourth-order valence-corrected chi connectivity index (χ4v) is 3.80. The topological polar surface area (TPSA) is 45.2 Å². The molecule has 0 spiro atoms. The standard InChI is InChI=1S/C20H32N2O3/c1-16-5-6-17(2)20(12-16)25-15-19(23)14-22-7-3-4-18(22)13-21-8-10-24-11-9-21/h5-6,12,18-19,23H,3-4,7-11,13-15H2,1-2H3. The van der Waals surface area contributed by atoms with Crippen molar-refractivity contribution in [2.45, 2.75) is 38.8 Å². The molecule has 1 N–H and O–H groups in total. The minimum absolute atomic E-state index is 0.352. The van der Waals surface area contributed by atoms with E-state index >= 15 is 0 Å². The van der Waals surface area contributed by atoms with E-state index in [9.17, 15) is 5.11 Å². The molecule has 1 aromatic carbocycles. The lowest BCUT2D eigenvalue weighted by atomic mass is 10.1. The predicted molar refractivity (Wildman–Crippen MR) is 99.3 cm³/mol. The summed E-state index contributed by atoms with van der Waals surface area (Å²) in [4.78, 5) is 4.93. The number of morpholine rings is 1. The van der Waals surface area contributed by atoms with Crippen molar-refractivity contribution in [1.29, 1.82) is 0 Å². The lowest BCUT2D eigenvalue weighted by Crippen LogP contribution is -2.47. The number of hydrogen-bond acceptors (Lipinski definition) is 5. The van der Waals surface area contributed by atoms with Gasteiger partial charge >= 0.3 is 0 Å². The van der Waals surface area contributed by atoms with E-state index in [1.54, 1.807) is 0 Å². The zero-order chi connectivity index (χ0) is 17.6. The van der Waals surface area contributed by atoms with Gasteiger partial charge in [0.15, 0.2) is 0 Å². The average molecular weight is 348 g/mol. The van der Waals surface area contributed by atoms with Crippen molar-refractivity contribution in [3.63, 3.8) is 0 Å². The predicted octanol–water partition coefficient (Wildman–Crippen LogP) is 1.84. The minimum atomic E-state index is -0.454. The molecule has 2 aliphatic rings. The fourth-order valence-electron chi connectivity index (χ4n) is 3.80. The monoisotopic (exact) mass is 348 g/mol. The maximum absolute atomic E-state index is 10.5. The van der Waals surface area contributed by atoms with Gasteiger partial charge in [-0.15, -0.1) is 0 Å². The Morgan fingerprint density at radius 3 is 2.84 bits per heavy atom. The van der Waals surface area contributed by atoms with Gasteiger partial charge in [-0.2, -0.15) is 0 Å². The van der Waals surface area contributed by atoms with Crippen LogP contribution in [0.5, 0.6) is 5.75 Å². The van der Waals surface area contributed by atoms with Crippen molar-refractivity contribution >= 4 is 0 Å². The molecule has 2 heterocycles. The first kappa shape index (κ1) is 18.6. The highest BCUT2D eigenvalue weighted by Crippen LogP contribution is 2.21. The summed E-state index contributed by atoms with van der Waals surface area (Å²) in [6, 6.07) is 6.74. The van der Waals surface area contributed by atoms with Gasteiger partial charge in [0.25, 0.3) is 0 Å². The number of aryl methyl sites for hydroxylation is 2. The van der Waals surface area contributed by atoms with Crippen molar-refractivity contribution in [2.24, 2.45) is 0 Å². The summed E-state index contributed by atoms with van der Waals surface area (Å²) in [6.45, 7) is 11.1. The zero-order valence-corrected chi connectivity index (χ0v) is 15.6. The Morgan fingerprint density at radius 2 is 2.04 bits per heavy atom. The number of hydrogen-bond donors (Lipinski definition) is 1. The number of β-amino-alcohol motifs (C(OH)–C–C–N with tert-alkyl or cyclic N) is 1. The summed E-state index contributed by atoms with van der Waals surface area (Å²) in [5.41, 5.74) is 2.30. The van der Waals surface area contributed by atoms with Crippen LogP contribution in [0, 0.1) is 13.8 Å². The van der Waals surface area contributed by atoms with Gasteiger partial charge in [-0.3, -0.25) is 9.80 Å². The summed E-state index contributed by atoms with van der Waals surface area (Å²) in [5.74, 6) is 0.880. The highest BCUT2D eigenvalue weighted by atomic mass is 16.5. The number of rotatable bonds is 7. The Hall–Kier alpha value is -1.14. The number of benzene rings is 1. The maximum Gasteiger partial charge on any atom is 0.122 e. The van der Waals surface area contributed by atoms with Crippen LogP contribution in [0.15, 0.2) is 18.2 Å². The van der Waals surface area contributed by atoms with Crippen LogP contribution in [-0.2, 0) is 4.74 Å². The smallest absolute Gasteiger partial charge is 0.122 e. The largest absolute Gasteiger partial charge is 0.491 e. The lowest BCUT2D eigenvalue weighted by Gasteiger charge is -2.33. The molecule has 3 rings (SSSR count). The summed E-state index contributed by atoms with van der Waals surface area (Å²) in [6.07, 6.45) is 1.99. The molecule has 2 atom stereocenters. The SMILES string of the molecule is Cc1ccc(C)c(OCC(O)CN2CCCC2CN2CCOCC2)c1. The van der Waals surface area contributed by atoms with E-state index < -0.39 is 6.10 Å². The maximum atomic E-state index is 10.5. The molecule has 5 heteroatoms. The number of nitrogens with zero attached hydrogens (tertiary/aromatic N) is 2. The second-order valence-electron chi connectivity index (χ2n) is 7.44. The van der Waals surface area contributed by atoms with Crippen LogP contribution >= 0.6 is 0 Å². The highest BCUT2D eigenvalue weighted by Gasteiger charge is 2.28. The second kappa shape index (κ2) is 8.99. The van der Waals surface area contributed by atoms with Crippen molar-refractivity contribution in [3.05, 3.63) is 29.3 Å². The summed E-state index contributed by atoms with van der Waals surface area (Å²) in [7, 11) is 0. The Labute approximate surface area is 151 Å². The van der Waals surface area contributed by atoms with Crippen molar-refractivity contribution in [2.75, 3.05) is 52.5 Å². The van der Waals surface area contributed by atoms with Crippen molar-refractivity contribution in [1.82, 2.24) is 9.80 Å². The molecule has 2 aliphatic heterocycles. The van der Waals surface area contributed by atoms with Crippen LogP contribution in [0.3, 0.4) is 0 Å². The molecule has 0 aromatic heterocycles. The van der Waals surface area contributed by atoms with E-state index in [1.807, 2.05) is 13.0 Å². The van der Waals surface area contributed by atoms with Crippen LogP contribution in [0.25, 0.3) is 0 Å². The van der Waals surface area contributed by atoms with Gasteiger partial charge in [-0.05, 0) is 50.4 Å². The zero-order valence-electron chi connectivity index (χ0n) is 15.6. The summed E-state index contributed by atoms with van der Waals surface area (Å²) >= 11 is 0. The molecule has 0 aliphatic carbocycles.